The highest BCUT2D eigenvalue weighted by Gasteiger charge is 2.21. The van der Waals surface area contributed by atoms with Crippen LogP contribution in [0.5, 0.6) is 5.75 Å². The number of nitrogens with zero attached hydrogens (tertiary/aromatic N) is 1. The molecule has 0 aliphatic carbocycles. The van der Waals surface area contributed by atoms with Crippen LogP contribution in [0.15, 0.2) is 24.3 Å². The van der Waals surface area contributed by atoms with Crippen LogP contribution >= 0.6 is 0 Å². The lowest BCUT2D eigenvalue weighted by atomic mass is 10.2. The summed E-state index contributed by atoms with van der Waals surface area (Å²) in [4.78, 5) is 24.4. The van der Waals surface area contributed by atoms with Crippen LogP contribution in [0.25, 0.3) is 0 Å². The van der Waals surface area contributed by atoms with E-state index in [1.807, 2.05) is 0 Å². The summed E-state index contributed by atoms with van der Waals surface area (Å²) in [5.74, 6) is -0.371. The van der Waals surface area contributed by atoms with Gasteiger partial charge in [-0.05, 0) is 26.0 Å². The molecule has 2 N–H and O–H groups in total. The number of carboxylic acids is 1. The Morgan fingerprint density at radius 3 is 2.60 bits per heavy atom. The number of amides is 2. The van der Waals surface area contributed by atoms with Crippen molar-refractivity contribution in [2.45, 2.75) is 26.3 Å². The second-order valence-corrected chi connectivity index (χ2v) is 4.36. The number of hydrogen-bond donors (Lipinski definition) is 2. The summed E-state index contributed by atoms with van der Waals surface area (Å²) in [7, 11) is 1.52. The van der Waals surface area contributed by atoms with E-state index in [-0.39, 0.29) is 18.5 Å². The van der Waals surface area contributed by atoms with Crippen LogP contribution in [-0.2, 0) is 4.79 Å². The van der Waals surface area contributed by atoms with Crippen molar-refractivity contribution in [2.75, 3.05) is 19.0 Å². The second kappa shape index (κ2) is 7.37. The number of nitrogens with one attached hydrogen (secondary N) is 1. The maximum atomic E-state index is 12.2. The monoisotopic (exact) mass is 280 g/mol. The van der Waals surface area contributed by atoms with E-state index in [0.29, 0.717) is 18.0 Å². The van der Waals surface area contributed by atoms with E-state index in [1.165, 1.54) is 12.0 Å². The third-order valence-electron chi connectivity index (χ3n) is 2.95. The van der Waals surface area contributed by atoms with Crippen molar-refractivity contribution in [3.05, 3.63) is 24.3 Å². The quantitative estimate of drug-likeness (QED) is 0.838. The van der Waals surface area contributed by atoms with E-state index in [1.54, 1.807) is 38.1 Å². The molecule has 0 aromatic heterocycles. The number of urea groups is 1. The van der Waals surface area contributed by atoms with Crippen LogP contribution in [0.2, 0.25) is 0 Å². The number of ether oxygens (including phenoxy) is 1. The van der Waals surface area contributed by atoms with Gasteiger partial charge in [-0.15, -0.1) is 0 Å². The zero-order valence-corrected chi connectivity index (χ0v) is 11.9. The van der Waals surface area contributed by atoms with Gasteiger partial charge in [0.25, 0.3) is 0 Å². The average molecular weight is 280 g/mol. The molecule has 1 aromatic carbocycles. The Morgan fingerprint density at radius 1 is 1.40 bits per heavy atom. The van der Waals surface area contributed by atoms with Gasteiger partial charge in [0.15, 0.2) is 0 Å². The number of carboxylic acid groups (broad SMARTS) is 1. The number of anilines is 1. The number of carbonyl (C=O) groups is 2. The number of carbonyl (C=O) groups excluding carboxylic acids is 1. The SMILES string of the molecule is CCN(C(=O)Nc1ccccc1OC)C(C)CC(=O)O. The van der Waals surface area contributed by atoms with Crippen LogP contribution < -0.4 is 10.1 Å². The van der Waals surface area contributed by atoms with Gasteiger partial charge in [-0.1, -0.05) is 12.1 Å². The summed E-state index contributed by atoms with van der Waals surface area (Å²) < 4.78 is 5.16. The van der Waals surface area contributed by atoms with Gasteiger partial charge in [0.1, 0.15) is 5.75 Å². The molecule has 0 bridgehead atoms. The largest absolute Gasteiger partial charge is 0.495 e. The third-order valence-corrected chi connectivity index (χ3v) is 2.95. The van der Waals surface area contributed by atoms with Crippen molar-refractivity contribution in [1.29, 1.82) is 0 Å². The second-order valence-electron chi connectivity index (χ2n) is 4.36. The van der Waals surface area contributed by atoms with E-state index in [9.17, 15) is 9.59 Å². The molecule has 0 saturated carbocycles. The van der Waals surface area contributed by atoms with Gasteiger partial charge in [-0.2, -0.15) is 0 Å². The van der Waals surface area contributed by atoms with Crippen LogP contribution in [0.1, 0.15) is 20.3 Å². The number of methoxy groups -OCH3 is 1. The number of rotatable bonds is 6. The zero-order valence-electron chi connectivity index (χ0n) is 11.9. The first-order valence-corrected chi connectivity index (χ1v) is 6.42. The van der Waals surface area contributed by atoms with Gasteiger partial charge in [0, 0.05) is 12.6 Å². The molecule has 0 saturated heterocycles. The van der Waals surface area contributed by atoms with Gasteiger partial charge in [-0.25, -0.2) is 4.79 Å². The van der Waals surface area contributed by atoms with Gasteiger partial charge < -0.3 is 20.1 Å². The van der Waals surface area contributed by atoms with Crippen LogP contribution in [0, 0.1) is 0 Å². The molecule has 0 aliphatic heterocycles. The Hall–Kier alpha value is -2.24. The first kappa shape index (κ1) is 15.8. The molecule has 2 amide bonds. The molecule has 6 nitrogen and oxygen atoms in total. The maximum Gasteiger partial charge on any atom is 0.322 e. The molecule has 0 fully saturated rings. The number of para-hydroxylation sites is 2. The van der Waals surface area contributed by atoms with Crippen molar-refractivity contribution in [1.82, 2.24) is 4.90 Å². The van der Waals surface area contributed by atoms with E-state index < -0.39 is 5.97 Å². The highest BCUT2D eigenvalue weighted by Crippen LogP contribution is 2.23. The van der Waals surface area contributed by atoms with E-state index in [0.717, 1.165) is 0 Å². The van der Waals surface area contributed by atoms with E-state index in [2.05, 4.69) is 5.32 Å². The normalized spacial score (nSPS) is 11.6. The molecule has 0 heterocycles. The van der Waals surface area contributed by atoms with Gasteiger partial charge in [0.2, 0.25) is 0 Å². The summed E-state index contributed by atoms with van der Waals surface area (Å²) in [6, 6.07) is 6.34. The minimum absolute atomic E-state index is 0.0901. The lowest BCUT2D eigenvalue weighted by Crippen LogP contribution is -2.42. The minimum Gasteiger partial charge on any atom is -0.495 e. The molecule has 0 aliphatic rings. The molecule has 6 heteroatoms. The lowest BCUT2D eigenvalue weighted by molar-refractivity contribution is -0.137. The average Bonchev–Trinajstić information content (AvgIpc) is 2.39. The molecule has 1 unspecified atom stereocenters. The van der Waals surface area contributed by atoms with Crippen molar-refractivity contribution in [2.24, 2.45) is 0 Å². The summed E-state index contributed by atoms with van der Waals surface area (Å²) in [5, 5.41) is 11.5. The fourth-order valence-corrected chi connectivity index (χ4v) is 1.95. The molecular weight excluding hydrogens is 260 g/mol. The lowest BCUT2D eigenvalue weighted by Gasteiger charge is -2.27. The minimum atomic E-state index is -0.930. The molecule has 0 radical (unpaired) electrons. The molecule has 20 heavy (non-hydrogen) atoms. The molecule has 0 spiro atoms. The third kappa shape index (κ3) is 4.15. The van der Waals surface area contributed by atoms with Crippen LogP contribution in [-0.4, -0.2) is 41.7 Å². The fourth-order valence-electron chi connectivity index (χ4n) is 1.95. The molecule has 1 aromatic rings. The number of hydrogen-bond acceptors (Lipinski definition) is 3. The summed E-state index contributed by atoms with van der Waals surface area (Å²) in [6.07, 6.45) is -0.0901. The Kier molecular flexibility index (Phi) is 5.83. The van der Waals surface area contributed by atoms with Crippen molar-refractivity contribution < 1.29 is 19.4 Å². The molecular formula is C14H20N2O4. The Bertz CT molecular complexity index is 476. The van der Waals surface area contributed by atoms with Gasteiger partial charge in [0.05, 0.1) is 19.2 Å². The molecule has 1 atom stereocenters. The van der Waals surface area contributed by atoms with E-state index >= 15 is 0 Å². The van der Waals surface area contributed by atoms with Crippen molar-refractivity contribution in [3.8, 4) is 5.75 Å². The molecule has 1 rings (SSSR count). The zero-order chi connectivity index (χ0) is 15.1. The van der Waals surface area contributed by atoms with E-state index in [4.69, 9.17) is 9.84 Å². The fraction of sp³-hybridized carbons (Fsp3) is 0.429. The first-order chi connectivity index (χ1) is 9.49. The first-order valence-electron chi connectivity index (χ1n) is 6.42. The standard InChI is InChI=1S/C14H20N2O4/c1-4-16(10(2)9-13(17)18)14(19)15-11-7-5-6-8-12(11)20-3/h5-8,10H,4,9H2,1-3H3,(H,15,19)(H,17,18). The smallest absolute Gasteiger partial charge is 0.322 e. The summed E-state index contributed by atoms with van der Waals surface area (Å²) >= 11 is 0. The Labute approximate surface area is 118 Å². The van der Waals surface area contributed by atoms with Crippen molar-refractivity contribution >= 4 is 17.7 Å². The predicted octanol–water partition coefficient (Wildman–Crippen LogP) is 2.41. The Balaban J connectivity index is 2.79. The van der Waals surface area contributed by atoms with Gasteiger partial charge in [-0.3, -0.25) is 4.79 Å². The summed E-state index contributed by atoms with van der Waals surface area (Å²) in [6.45, 7) is 3.94. The highest BCUT2D eigenvalue weighted by atomic mass is 16.5. The van der Waals surface area contributed by atoms with Crippen LogP contribution in [0.3, 0.4) is 0 Å². The topological polar surface area (TPSA) is 78.9 Å². The molecule has 110 valence electrons. The maximum absolute atomic E-state index is 12.2. The van der Waals surface area contributed by atoms with Gasteiger partial charge >= 0.3 is 12.0 Å². The Morgan fingerprint density at radius 2 is 2.05 bits per heavy atom. The van der Waals surface area contributed by atoms with Crippen molar-refractivity contribution in [3.63, 3.8) is 0 Å². The predicted molar refractivity (Wildman–Crippen MR) is 76.1 cm³/mol. The summed E-state index contributed by atoms with van der Waals surface area (Å²) in [5.41, 5.74) is 0.556. The van der Waals surface area contributed by atoms with Crippen LogP contribution in [0.4, 0.5) is 10.5 Å². The highest BCUT2D eigenvalue weighted by molar-refractivity contribution is 5.91. The number of aliphatic carboxylic acids is 1. The number of benzene rings is 1.